The van der Waals surface area contributed by atoms with Crippen LogP contribution in [0.2, 0.25) is 0 Å². The van der Waals surface area contributed by atoms with Crippen LogP contribution in [0.5, 0.6) is 0 Å². The summed E-state index contributed by atoms with van der Waals surface area (Å²) < 4.78 is 0. The lowest BCUT2D eigenvalue weighted by molar-refractivity contribution is 1.18. The first-order valence-electron chi connectivity index (χ1n) is 10.2. The molecule has 0 saturated heterocycles. The van der Waals surface area contributed by atoms with Gasteiger partial charge in [-0.3, -0.25) is 0 Å². The maximum atomic E-state index is 6.09. The molecule has 0 radical (unpaired) electrons. The van der Waals surface area contributed by atoms with Gasteiger partial charge in [0.1, 0.15) is 0 Å². The van der Waals surface area contributed by atoms with Crippen molar-refractivity contribution in [2.45, 2.75) is 69.2 Å². The monoisotopic (exact) mass is 384 g/mol. The molecule has 0 saturated carbocycles. The van der Waals surface area contributed by atoms with Crippen LogP contribution in [0, 0.1) is 27.7 Å². The normalized spacial score (nSPS) is 10.5. The van der Waals surface area contributed by atoms with E-state index in [2.05, 4.69) is 10.2 Å². The Bertz CT molecular complexity index is 653. The molecule has 0 aromatic heterocycles. The third-order valence-electron chi connectivity index (χ3n) is 3.74. The second-order valence-corrected chi connectivity index (χ2v) is 5.50. The average molecular weight is 385 g/mol. The average Bonchev–Trinajstić information content (AvgIpc) is 2.71. The van der Waals surface area contributed by atoms with E-state index in [1.807, 2.05) is 106 Å². The molecule has 0 heterocycles. The second kappa shape index (κ2) is 15.4. The van der Waals surface area contributed by atoms with Crippen LogP contribution in [0.3, 0.4) is 0 Å². The Hall–Kier alpha value is -2.62. The molecule has 0 amide bonds. The van der Waals surface area contributed by atoms with Crippen molar-refractivity contribution < 1.29 is 0 Å². The Kier molecular flexibility index (Phi) is 15.2. The summed E-state index contributed by atoms with van der Waals surface area (Å²) in [6, 6.07) is 12.0. The summed E-state index contributed by atoms with van der Waals surface area (Å²) in [5.41, 5.74) is 18.3. The summed E-state index contributed by atoms with van der Waals surface area (Å²) in [6.07, 6.45) is 0. The molecule has 28 heavy (non-hydrogen) atoms. The molecule has 2 aromatic carbocycles. The molecule has 0 aliphatic heterocycles. The molecule has 0 atom stereocenters. The van der Waals surface area contributed by atoms with Crippen LogP contribution < -0.4 is 11.5 Å². The van der Waals surface area contributed by atoms with Crippen LogP contribution in [0.25, 0.3) is 0 Å². The Morgan fingerprint density at radius 1 is 0.536 bits per heavy atom. The van der Waals surface area contributed by atoms with Gasteiger partial charge in [0.15, 0.2) is 11.7 Å². The quantitative estimate of drug-likeness (QED) is 0.385. The van der Waals surface area contributed by atoms with Crippen molar-refractivity contribution in [3.8, 4) is 0 Å². The number of benzene rings is 2. The van der Waals surface area contributed by atoms with E-state index >= 15 is 0 Å². The van der Waals surface area contributed by atoms with E-state index in [1.165, 1.54) is 0 Å². The van der Waals surface area contributed by atoms with E-state index in [4.69, 9.17) is 11.5 Å². The van der Waals surface area contributed by atoms with E-state index in [0.29, 0.717) is 11.7 Å². The third-order valence-corrected chi connectivity index (χ3v) is 3.74. The highest BCUT2D eigenvalue weighted by Crippen LogP contribution is 2.14. The molecule has 0 aliphatic carbocycles. The number of nitrogens with zero attached hydrogens (tertiary/aromatic N) is 2. The van der Waals surface area contributed by atoms with E-state index < -0.39 is 0 Å². The number of nitrogens with two attached hydrogens (primary N) is 2. The number of hydrogen-bond acceptors (Lipinski definition) is 2. The van der Waals surface area contributed by atoms with E-state index in [0.717, 1.165) is 33.4 Å². The molecule has 0 bridgehead atoms. The van der Waals surface area contributed by atoms with Crippen molar-refractivity contribution >= 4 is 11.7 Å². The molecule has 4 N–H and O–H groups in total. The van der Waals surface area contributed by atoms with Gasteiger partial charge in [-0.05, 0) is 49.9 Å². The zero-order valence-electron chi connectivity index (χ0n) is 19.5. The van der Waals surface area contributed by atoms with Crippen LogP contribution in [0.1, 0.15) is 74.9 Å². The van der Waals surface area contributed by atoms with E-state index in [1.54, 1.807) is 0 Å². The van der Waals surface area contributed by atoms with Crippen LogP contribution >= 0.6 is 0 Å². The van der Waals surface area contributed by atoms with Gasteiger partial charge in [0, 0.05) is 11.1 Å². The largest absolute Gasteiger partial charge is 0.382 e. The third kappa shape index (κ3) is 7.95. The fourth-order valence-corrected chi connectivity index (χ4v) is 2.64. The summed E-state index contributed by atoms with van der Waals surface area (Å²) in [5.74, 6) is 0.759. The Balaban J connectivity index is 0. The van der Waals surface area contributed by atoms with E-state index in [-0.39, 0.29) is 0 Å². The standard InChI is InChI=1S/C18H22N4.3C2H6/c1-11-7-5-8-12(2)15(11)17(19)21-22-18(20)16-13(3)9-6-10-14(16)4;3*1-2/h5-10H,1-4H3,(H2,19,21)(H2,20,22);3*1-2H3. The van der Waals surface area contributed by atoms with Gasteiger partial charge in [0.25, 0.3) is 0 Å². The maximum Gasteiger partial charge on any atom is 0.153 e. The molecular formula is C24H40N4. The number of aryl methyl sites for hydroxylation is 4. The van der Waals surface area contributed by atoms with Crippen molar-refractivity contribution in [2.75, 3.05) is 0 Å². The Morgan fingerprint density at radius 2 is 0.750 bits per heavy atom. The minimum atomic E-state index is 0.379. The van der Waals surface area contributed by atoms with Crippen molar-refractivity contribution in [3.05, 3.63) is 69.8 Å². The van der Waals surface area contributed by atoms with Gasteiger partial charge in [0.05, 0.1) is 0 Å². The molecule has 0 spiro atoms. The summed E-state index contributed by atoms with van der Waals surface area (Å²) >= 11 is 0. The number of amidine groups is 2. The van der Waals surface area contributed by atoms with E-state index in [9.17, 15) is 0 Å². The van der Waals surface area contributed by atoms with Gasteiger partial charge in [0.2, 0.25) is 0 Å². The lowest BCUT2D eigenvalue weighted by atomic mass is 10.0. The molecule has 0 unspecified atom stereocenters. The zero-order chi connectivity index (χ0) is 22.3. The SMILES string of the molecule is CC.CC.CC.Cc1cccc(C)c1/C(N)=N/N=C(\N)c1c(C)cccc1C. The fraction of sp³-hybridized carbons (Fsp3) is 0.417. The Morgan fingerprint density at radius 3 is 0.964 bits per heavy atom. The highest BCUT2D eigenvalue weighted by molar-refractivity contribution is 6.03. The summed E-state index contributed by atoms with van der Waals surface area (Å²) in [7, 11) is 0. The molecule has 0 fully saturated rings. The van der Waals surface area contributed by atoms with Gasteiger partial charge in [-0.25, -0.2) is 0 Å². The first-order chi connectivity index (χ1) is 13.4. The highest BCUT2D eigenvalue weighted by Gasteiger charge is 2.08. The van der Waals surface area contributed by atoms with Crippen molar-refractivity contribution in [1.82, 2.24) is 0 Å². The smallest absolute Gasteiger partial charge is 0.153 e. The molecule has 156 valence electrons. The zero-order valence-corrected chi connectivity index (χ0v) is 19.5. The summed E-state index contributed by atoms with van der Waals surface area (Å²) in [5, 5.41) is 8.26. The molecule has 2 rings (SSSR count). The van der Waals surface area contributed by atoms with Crippen LogP contribution in [-0.4, -0.2) is 11.7 Å². The van der Waals surface area contributed by atoms with Crippen LogP contribution in [0.15, 0.2) is 46.6 Å². The minimum absolute atomic E-state index is 0.379. The molecule has 4 heteroatoms. The number of rotatable bonds is 3. The first-order valence-corrected chi connectivity index (χ1v) is 10.2. The van der Waals surface area contributed by atoms with Gasteiger partial charge in [-0.15, -0.1) is 10.2 Å². The molecular weight excluding hydrogens is 344 g/mol. The van der Waals surface area contributed by atoms with Crippen molar-refractivity contribution in [3.63, 3.8) is 0 Å². The first kappa shape index (κ1) is 27.6. The maximum absolute atomic E-state index is 6.09. The highest BCUT2D eigenvalue weighted by atomic mass is 15.3. The predicted octanol–water partition coefficient (Wildman–Crippen LogP) is 6.02. The fourth-order valence-electron chi connectivity index (χ4n) is 2.64. The van der Waals surface area contributed by atoms with Gasteiger partial charge < -0.3 is 11.5 Å². The summed E-state index contributed by atoms with van der Waals surface area (Å²) in [4.78, 5) is 0. The molecule has 4 nitrogen and oxygen atoms in total. The van der Waals surface area contributed by atoms with Gasteiger partial charge in [-0.2, -0.15) is 0 Å². The van der Waals surface area contributed by atoms with Crippen molar-refractivity contribution in [1.29, 1.82) is 0 Å². The Labute approximate surface area is 172 Å². The van der Waals surface area contributed by atoms with Crippen molar-refractivity contribution in [2.24, 2.45) is 21.7 Å². The van der Waals surface area contributed by atoms with Gasteiger partial charge in [-0.1, -0.05) is 77.9 Å². The van der Waals surface area contributed by atoms with Crippen LogP contribution in [0.4, 0.5) is 0 Å². The lowest BCUT2D eigenvalue weighted by Crippen LogP contribution is -2.19. The predicted molar refractivity (Wildman–Crippen MR) is 127 cm³/mol. The topological polar surface area (TPSA) is 76.8 Å². The molecule has 2 aromatic rings. The van der Waals surface area contributed by atoms with Gasteiger partial charge >= 0.3 is 0 Å². The van der Waals surface area contributed by atoms with Crippen LogP contribution in [-0.2, 0) is 0 Å². The second-order valence-electron chi connectivity index (χ2n) is 5.50. The number of hydrogen-bond donors (Lipinski definition) is 2. The minimum Gasteiger partial charge on any atom is -0.382 e. The molecule has 0 aliphatic rings. The summed E-state index contributed by atoms with van der Waals surface area (Å²) in [6.45, 7) is 20.0. The lowest BCUT2D eigenvalue weighted by Gasteiger charge is -2.09.